The molecular weight excluding hydrogens is 424 g/mol. The summed E-state index contributed by atoms with van der Waals surface area (Å²) in [5, 5.41) is 20.8. The van der Waals surface area contributed by atoms with E-state index in [2.05, 4.69) is 24.3 Å². The number of carboxylic acid groups (broad SMARTS) is 2. The molecule has 0 amide bonds. The van der Waals surface area contributed by atoms with E-state index >= 15 is 0 Å². The van der Waals surface area contributed by atoms with Gasteiger partial charge >= 0.3 is 11.9 Å². The first kappa shape index (κ1) is 21.4. The summed E-state index contributed by atoms with van der Waals surface area (Å²) < 4.78 is 0. The maximum absolute atomic E-state index is 12.8. The summed E-state index contributed by atoms with van der Waals surface area (Å²) in [5.74, 6) is -0.763. The van der Waals surface area contributed by atoms with Gasteiger partial charge in [-0.2, -0.15) is 0 Å². The Hall–Kier alpha value is -3.14. The lowest BCUT2D eigenvalue weighted by atomic mass is 9.59. The zero-order valence-corrected chi connectivity index (χ0v) is 19.6. The summed E-state index contributed by atoms with van der Waals surface area (Å²) in [6.45, 7) is 3.69. The van der Waals surface area contributed by atoms with E-state index in [-0.39, 0.29) is 6.42 Å². The predicted octanol–water partition coefficient (Wildman–Crippen LogP) is 6.16. The molecule has 3 fully saturated rings. The molecule has 2 bridgehead atoms. The van der Waals surface area contributed by atoms with Gasteiger partial charge in [0.2, 0.25) is 0 Å². The van der Waals surface area contributed by atoms with E-state index < -0.39 is 22.8 Å². The van der Waals surface area contributed by atoms with Gasteiger partial charge in [-0.3, -0.25) is 9.59 Å². The molecule has 2 aromatic carbocycles. The zero-order valence-electron chi connectivity index (χ0n) is 19.6. The van der Waals surface area contributed by atoms with Gasteiger partial charge < -0.3 is 10.2 Å². The molecule has 0 aliphatic heterocycles. The Balaban J connectivity index is 1.75. The van der Waals surface area contributed by atoms with E-state index in [0.29, 0.717) is 23.7 Å². The first-order chi connectivity index (χ1) is 16.3. The van der Waals surface area contributed by atoms with Crippen molar-refractivity contribution < 1.29 is 19.8 Å². The van der Waals surface area contributed by atoms with Crippen LogP contribution in [0, 0.1) is 34.5 Å². The van der Waals surface area contributed by atoms with Crippen LogP contribution < -0.4 is 0 Å². The van der Waals surface area contributed by atoms with E-state index in [1.54, 1.807) is 0 Å². The van der Waals surface area contributed by atoms with Gasteiger partial charge in [-0.05, 0) is 76.4 Å². The second-order valence-corrected chi connectivity index (χ2v) is 11.1. The third-order valence-corrected chi connectivity index (χ3v) is 9.51. The molecule has 0 aromatic heterocycles. The number of carboxylic acids is 2. The normalized spacial score (nSPS) is 30.3. The van der Waals surface area contributed by atoms with Crippen LogP contribution in [-0.2, 0) is 9.59 Å². The van der Waals surface area contributed by atoms with Crippen LogP contribution in [0.2, 0.25) is 0 Å². The number of allylic oxidation sites excluding steroid dienone is 4. The fraction of sp³-hybridized carbons (Fsp3) is 0.400. The Kier molecular flexibility index (Phi) is 4.52. The molecule has 2 N–H and O–H groups in total. The van der Waals surface area contributed by atoms with Gasteiger partial charge in [0, 0.05) is 11.8 Å². The van der Waals surface area contributed by atoms with Crippen molar-refractivity contribution in [1.29, 1.82) is 0 Å². The minimum Gasteiger partial charge on any atom is -0.480 e. The minimum absolute atomic E-state index is 0.0289. The summed E-state index contributed by atoms with van der Waals surface area (Å²) in [6.07, 6.45) is 3.61. The van der Waals surface area contributed by atoms with Gasteiger partial charge in [0.25, 0.3) is 0 Å². The molecule has 174 valence electrons. The van der Waals surface area contributed by atoms with E-state index in [1.165, 1.54) is 30.4 Å². The molecule has 4 heteroatoms. The number of fused-ring (bicyclic) bond motifs is 6. The average molecular weight is 455 g/mol. The largest absolute Gasteiger partial charge is 0.480 e. The van der Waals surface area contributed by atoms with Crippen LogP contribution in [0.5, 0.6) is 0 Å². The highest BCUT2D eigenvalue weighted by Gasteiger charge is 2.68. The van der Waals surface area contributed by atoms with Crippen LogP contribution >= 0.6 is 0 Å². The SMILES string of the molecule is CC1(C)C2=C(c3ccccc3)C3C4CCC(C4)C3C(c3ccccc3)=C2CC1(C(=O)O)C(=O)O. The molecule has 4 atom stereocenters. The standard InChI is InChI=1S/C30H30O4/c1-29(2)26-21(16-30(29,27(31)32)28(33)34)22(17-9-5-3-6-10-17)23-19-13-14-20(15-19)24(23)25(26)18-11-7-4-8-12-18/h3-12,19-20,23-24H,13-16H2,1-2H3,(H,31,32)(H,33,34). The molecule has 6 rings (SSSR count). The first-order valence-corrected chi connectivity index (χ1v) is 12.3. The molecular formula is C30H30O4. The van der Waals surface area contributed by atoms with Gasteiger partial charge in [-0.1, -0.05) is 74.5 Å². The molecule has 4 nitrogen and oxygen atoms in total. The summed E-state index contributed by atoms with van der Waals surface area (Å²) in [7, 11) is 0. The quantitative estimate of drug-likeness (QED) is 0.543. The predicted molar refractivity (Wildman–Crippen MR) is 131 cm³/mol. The van der Waals surface area contributed by atoms with Crippen molar-refractivity contribution >= 4 is 23.1 Å². The number of benzene rings is 2. The number of hydrogen-bond donors (Lipinski definition) is 2. The van der Waals surface area contributed by atoms with Crippen molar-refractivity contribution in [1.82, 2.24) is 0 Å². The Bertz CT molecular complexity index is 1240. The molecule has 4 aliphatic rings. The minimum atomic E-state index is -1.89. The monoisotopic (exact) mass is 454 g/mol. The van der Waals surface area contributed by atoms with Crippen LogP contribution in [-0.4, -0.2) is 22.2 Å². The second-order valence-electron chi connectivity index (χ2n) is 11.1. The van der Waals surface area contributed by atoms with Crippen molar-refractivity contribution in [2.75, 3.05) is 0 Å². The number of hydrogen-bond acceptors (Lipinski definition) is 2. The third-order valence-electron chi connectivity index (χ3n) is 9.51. The summed E-state index contributed by atoms with van der Waals surface area (Å²) in [6, 6.07) is 20.6. The van der Waals surface area contributed by atoms with Gasteiger partial charge in [0.1, 0.15) is 0 Å². The van der Waals surface area contributed by atoms with Crippen LogP contribution in [0.15, 0.2) is 71.8 Å². The van der Waals surface area contributed by atoms with Gasteiger partial charge in [-0.25, -0.2) is 0 Å². The lowest BCUT2D eigenvalue weighted by molar-refractivity contribution is -0.170. The highest BCUT2D eigenvalue weighted by Crippen LogP contribution is 2.71. The molecule has 3 saturated carbocycles. The van der Waals surface area contributed by atoms with Gasteiger partial charge in [0.15, 0.2) is 5.41 Å². The Labute approximate surface area is 200 Å². The maximum atomic E-state index is 12.8. The summed E-state index contributed by atoms with van der Waals surface area (Å²) in [5.41, 5.74) is 3.64. The summed E-state index contributed by atoms with van der Waals surface area (Å²) >= 11 is 0. The van der Waals surface area contributed by atoms with Crippen molar-refractivity contribution in [3.63, 3.8) is 0 Å². The van der Waals surface area contributed by atoms with Crippen molar-refractivity contribution in [2.24, 2.45) is 34.5 Å². The van der Waals surface area contributed by atoms with E-state index in [9.17, 15) is 19.8 Å². The highest BCUT2D eigenvalue weighted by atomic mass is 16.4. The topological polar surface area (TPSA) is 74.6 Å². The lowest BCUT2D eigenvalue weighted by Crippen LogP contribution is -2.47. The average Bonchev–Trinajstić information content (AvgIpc) is 3.50. The Morgan fingerprint density at radius 2 is 1.24 bits per heavy atom. The van der Waals surface area contributed by atoms with E-state index in [0.717, 1.165) is 22.3 Å². The zero-order chi connectivity index (χ0) is 23.8. The fourth-order valence-corrected chi connectivity index (χ4v) is 8.10. The molecule has 4 aliphatic carbocycles. The first-order valence-electron chi connectivity index (χ1n) is 12.3. The molecule has 0 spiro atoms. The van der Waals surface area contributed by atoms with Crippen LogP contribution in [0.4, 0.5) is 0 Å². The van der Waals surface area contributed by atoms with Crippen LogP contribution in [0.25, 0.3) is 11.1 Å². The summed E-state index contributed by atoms with van der Waals surface area (Å²) in [4.78, 5) is 25.5. The molecule has 4 unspecified atom stereocenters. The van der Waals surface area contributed by atoms with E-state index in [4.69, 9.17) is 0 Å². The van der Waals surface area contributed by atoms with Crippen LogP contribution in [0.3, 0.4) is 0 Å². The van der Waals surface area contributed by atoms with Crippen LogP contribution in [0.1, 0.15) is 50.7 Å². The number of carbonyl (C=O) groups is 2. The van der Waals surface area contributed by atoms with Crippen molar-refractivity contribution in [3.8, 4) is 0 Å². The molecule has 34 heavy (non-hydrogen) atoms. The smallest absolute Gasteiger partial charge is 0.322 e. The van der Waals surface area contributed by atoms with Gasteiger partial charge in [0.05, 0.1) is 0 Å². The highest BCUT2D eigenvalue weighted by molar-refractivity contribution is 6.05. The molecule has 0 saturated heterocycles. The van der Waals surface area contributed by atoms with Crippen molar-refractivity contribution in [2.45, 2.75) is 39.5 Å². The number of aliphatic carboxylic acids is 2. The second kappa shape index (κ2) is 7.18. The molecule has 0 radical (unpaired) electrons. The lowest BCUT2D eigenvalue weighted by Gasteiger charge is -2.43. The van der Waals surface area contributed by atoms with Crippen molar-refractivity contribution in [3.05, 3.63) is 82.9 Å². The number of rotatable bonds is 4. The molecule has 2 aromatic rings. The van der Waals surface area contributed by atoms with Gasteiger partial charge in [-0.15, -0.1) is 0 Å². The molecule has 0 heterocycles. The third kappa shape index (κ3) is 2.54. The Morgan fingerprint density at radius 3 is 1.74 bits per heavy atom. The Morgan fingerprint density at radius 1 is 0.765 bits per heavy atom. The maximum Gasteiger partial charge on any atom is 0.322 e. The van der Waals surface area contributed by atoms with E-state index in [1.807, 2.05) is 50.2 Å². The fourth-order valence-electron chi connectivity index (χ4n) is 8.10.